The van der Waals surface area contributed by atoms with Gasteiger partial charge in [-0.3, -0.25) is 9.59 Å². The number of benzene rings is 3. The molecular weight excluding hydrogens is 472 g/mol. The van der Waals surface area contributed by atoms with Gasteiger partial charge in [0.1, 0.15) is 11.8 Å². The summed E-state index contributed by atoms with van der Waals surface area (Å²) < 4.78 is 5.87. The highest BCUT2D eigenvalue weighted by Gasteiger charge is 2.32. The predicted octanol–water partition coefficient (Wildman–Crippen LogP) is 6.16. The highest BCUT2D eigenvalue weighted by molar-refractivity contribution is 5.88. The number of carbonyl (C=O) groups is 2. The lowest BCUT2D eigenvalue weighted by Crippen LogP contribution is -2.52. The largest absolute Gasteiger partial charge is 0.494 e. The van der Waals surface area contributed by atoms with Crippen LogP contribution in [0, 0.1) is 13.8 Å². The first-order valence-electron chi connectivity index (χ1n) is 13.9. The van der Waals surface area contributed by atoms with Crippen molar-refractivity contribution in [2.24, 2.45) is 0 Å². The van der Waals surface area contributed by atoms with Gasteiger partial charge in [0.2, 0.25) is 11.8 Å². The van der Waals surface area contributed by atoms with Gasteiger partial charge >= 0.3 is 0 Å². The van der Waals surface area contributed by atoms with Crippen molar-refractivity contribution in [2.75, 3.05) is 6.61 Å². The number of carbonyl (C=O) groups excluding carboxylic acids is 2. The van der Waals surface area contributed by atoms with Gasteiger partial charge in [-0.25, -0.2) is 0 Å². The monoisotopic (exact) mass is 512 g/mol. The van der Waals surface area contributed by atoms with E-state index in [0.29, 0.717) is 32.4 Å². The highest BCUT2D eigenvalue weighted by atomic mass is 16.5. The molecule has 0 heterocycles. The number of nitrogens with zero attached hydrogens (tertiary/aromatic N) is 1. The number of hydrogen-bond acceptors (Lipinski definition) is 3. The van der Waals surface area contributed by atoms with Gasteiger partial charge in [-0.1, -0.05) is 85.1 Å². The molecule has 4 rings (SSSR count). The van der Waals surface area contributed by atoms with E-state index in [1.807, 2.05) is 79.7 Å². The van der Waals surface area contributed by atoms with Crippen molar-refractivity contribution in [1.82, 2.24) is 10.2 Å². The normalized spacial score (nSPS) is 14.2. The summed E-state index contributed by atoms with van der Waals surface area (Å²) in [4.78, 5) is 29.3. The van der Waals surface area contributed by atoms with Gasteiger partial charge in [-0.15, -0.1) is 0 Å². The van der Waals surface area contributed by atoms with E-state index < -0.39 is 6.04 Å². The van der Waals surface area contributed by atoms with Crippen LogP contribution in [0.2, 0.25) is 0 Å². The fourth-order valence-corrected chi connectivity index (χ4v) is 5.08. The molecule has 0 radical (unpaired) electrons. The Labute approximate surface area is 227 Å². The third-order valence-corrected chi connectivity index (χ3v) is 7.40. The highest BCUT2D eigenvalue weighted by Crippen LogP contribution is 2.21. The standard InChI is InChI=1S/C33H40N2O3/c1-25-18-20-30(21-19-25)38-22-10-17-32(36)35(24-28-14-7-6-11-26(28)2)31(23-27-12-4-3-5-13-27)33(37)34-29-15-8-9-16-29/h3-7,11-14,18-21,29,31H,8-10,15-17,22-24H2,1-2H3,(H,34,37)/t31-/m1/s1. The molecule has 38 heavy (non-hydrogen) atoms. The summed E-state index contributed by atoms with van der Waals surface area (Å²) >= 11 is 0. The van der Waals surface area contributed by atoms with Gasteiger partial charge in [-0.05, 0) is 61.9 Å². The fraction of sp³-hybridized carbons (Fsp3) is 0.394. The van der Waals surface area contributed by atoms with Crippen molar-refractivity contribution in [1.29, 1.82) is 0 Å². The first-order chi connectivity index (χ1) is 18.5. The van der Waals surface area contributed by atoms with Crippen LogP contribution in [0.15, 0.2) is 78.9 Å². The molecule has 1 atom stereocenters. The third-order valence-electron chi connectivity index (χ3n) is 7.40. The van der Waals surface area contributed by atoms with E-state index in [2.05, 4.69) is 18.3 Å². The average molecular weight is 513 g/mol. The zero-order valence-corrected chi connectivity index (χ0v) is 22.7. The van der Waals surface area contributed by atoms with Crippen molar-refractivity contribution in [3.8, 4) is 5.75 Å². The van der Waals surface area contributed by atoms with E-state index in [4.69, 9.17) is 4.74 Å². The average Bonchev–Trinajstić information content (AvgIpc) is 3.44. The van der Waals surface area contributed by atoms with Crippen LogP contribution in [-0.2, 0) is 22.6 Å². The summed E-state index contributed by atoms with van der Waals surface area (Å²) in [5, 5.41) is 3.27. The summed E-state index contributed by atoms with van der Waals surface area (Å²) in [6.07, 6.45) is 5.68. The van der Waals surface area contributed by atoms with Crippen LogP contribution in [-0.4, -0.2) is 35.4 Å². The van der Waals surface area contributed by atoms with Crippen LogP contribution in [0.1, 0.15) is 60.8 Å². The van der Waals surface area contributed by atoms with Gasteiger partial charge in [-0.2, -0.15) is 0 Å². The Morgan fingerprint density at radius 1 is 0.921 bits per heavy atom. The fourth-order valence-electron chi connectivity index (χ4n) is 5.08. The molecule has 0 spiro atoms. The first-order valence-corrected chi connectivity index (χ1v) is 13.9. The zero-order chi connectivity index (χ0) is 26.7. The Bertz CT molecular complexity index is 1170. The van der Waals surface area contributed by atoms with Crippen molar-refractivity contribution in [2.45, 2.75) is 77.4 Å². The molecule has 5 heteroatoms. The number of ether oxygens (including phenoxy) is 1. The summed E-state index contributed by atoms with van der Waals surface area (Å²) in [6.45, 7) is 4.95. The van der Waals surface area contributed by atoms with Crippen molar-refractivity contribution in [3.63, 3.8) is 0 Å². The van der Waals surface area contributed by atoms with Crippen molar-refractivity contribution >= 4 is 11.8 Å². The molecule has 1 aliphatic rings. The summed E-state index contributed by atoms with van der Waals surface area (Å²) in [5.41, 5.74) is 4.40. The Hall–Kier alpha value is -3.60. The minimum absolute atomic E-state index is 0.0248. The summed E-state index contributed by atoms with van der Waals surface area (Å²) in [5.74, 6) is 0.722. The van der Waals surface area contributed by atoms with Gasteiger partial charge in [0.05, 0.1) is 6.61 Å². The number of amides is 2. The second kappa shape index (κ2) is 13.8. The maximum Gasteiger partial charge on any atom is 0.243 e. The van der Waals surface area contributed by atoms with Crippen LogP contribution < -0.4 is 10.1 Å². The number of hydrogen-bond donors (Lipinski definition) is 1. The lowest BCUT2D eigenvalue weighted by atomic mass is 10.0. The molecule has 1 aliphatic carbocycles. The lowest BCUT2D eigenvalue weighted by Gasteiger charge is -2.33. The van der Waals surface area contributed by atoms with Crippen LogP contribution in [0.3, 0.4) is 0 Å². The molecule has 3 aromatic rings. The van der Waals surface area contributed by atoms with Crippen LogP contribution in [0.5, 0.6) is 5.75 Å². The molecule has 1 N–H and O–H groups in total. The minimum atomic E-state index is -0.580. The molecule has 0 aromatic heterocycles. The summed E-state index contributed by atoms with van der Waals surface area (Å²) in [7, 11) is 0. The Balaban J connectivity index is 1.52. The van der Waals surface area contributed by atoms with Gasteiger partial charge in [0.25, 0.3) is 0 Å². The quantitative estimate of drug-likeness (QED) is 0.296. The van der Waals surface area contributed by atoms with Crippen molar-refractivity contribution < 1.29 is 14.3 Å². The van der Waals surface area contributed by atoms with Crippen LogP contribution >= 0.6 is 0 Å². The zero-order valence-electron chi connectivity index (χ0n) is 22.7. The molecule has 0 saturated heterocycles. The second-order valence-corrected chi connectivity index (χ2v) is 10.4. The third kappa shape index (κ3) is 7.95. The topological polar surface area (TPSA) is 58.6 Å². The smallest absolute Gasteiger partial charge is 0.243 e. The lowest BCUT2D eigenvalue weighted by molar-refractivity contribution is -0.141. The minimum Gasteiger partial charge on any atom is -0.494 e. The van der Waals surface area contributed by atoms with Gasteiger partial charge in [0, 0.05) is 25.4 Å². The molecule has 2 amide bonds. The van der Waals surface area contributed by atoms with Gasteiger partial charge < -0.3 is 15.0 Å². The molecule has 3 aromatic carbocycles. The molecular formula is C33H40N2O3. The Morgan fingerprint density at radius 2 is 1.61 bits per heavy atom. The number of aryl methyl sites for hydroxylation is 2. The van der Waals surface area contributed by atoms with E-state index >= 15 is 0 Å². The molecule has 0 aliphatic heterocycles. The van der Waals surface area contributed by atoms with E-state index in [9.17, 15) is 9.59 Å². The second-order valence-electron chi connectivity index (χ2n) is 10.4. The maximum atomic E-state index is 13.8. The predicted molar refractivity (Wildman–Crippen MR) is 152 cm³/mol. The van der Waals surface area contributed by atoms with E-state index in [0.717, 1.165) is 48.1 Å². The molecule has 5 nitrogen and oxygen atoms in total. The molecule has 200 valence electrons. The van der Waals surface area contributed by atoms with Gasteiger partial charge in [0.15, 0.2) is 0 Å². The van der Waals surface area contributed by atoms with E-state index in [1.54, 1.807) is 4.90 Å². The van der Waals surface area contributed by atoms with E-state index in [-0.39, 0.29) is 17.9 Å². The molecule has 0 bridgehead atoms. The van der Waals surface area contributed by atoms with Crippen LogP contribution in [0.25, 0.3) is 0 Å². The van der Waals surface area contributed by atoms with Crippen molar-refractivity contribution in [3.05, 3.63) is 101 Å². The van der Waals surface area contributed by atoms with Crippen LogP contribution in [0.4, 0.5) is 0 Å². The number of rotatable bonds is 12. The van der Waals surface area contributed by atoms with E-state index in [1.165, 1.54) is 5.56 Å². The molecule has 0 unspecified atom stereocenters. The number of nitrogens with one attached hydrogen (secondary N) is 1. The Morgan fingerprint density at radius 3 is 2.32 bits per heavy atom. The summed E-state index contributed by atoms with van der Waals surface area (Å²) in [6, 6.07) is 25.6. The Kier molecular flexibility index (Phi) is 9.97. The molecule has 1 saturated carbocycles. The maximum absolute atomic E-state index is 13.8. The molecule has 1 fully saturated rings. The first kappa shape index (κ1) is 27.4. The SMILES string of the molecule is Cc1ccc(OCCCC(=O)N(Cc2ccccc2C)[C@H](Cc2ccccc2)C(=O)NC2CCCC2)cc1.